The zero-order chi connectivity index (χ0) is 12.9. The van der Waals surface area contributed by atoms with Crippen LogP contribution in [0.3, 0.4) is 0 Å². The van der Waals surface area contributed by atoms with Crippen LogP contribution >= 0.6 is 0 Å². The van der Waals surface area contributed by atoms with Gasteiger partial charge in [-0.15, -0.1) is 0 Å². The van der Waals surface area contributed by atoms with E-state index in [4.69, 9.17) is 5.73 Å². The summed E-state index contributed by atoms with van der Waals surface area (Å²) in [5, 5.41) is 0. The fourth-order valence-electron chi connectivity index (χ4n) is 0.919. The second-order valence-electron chi connectivity index (χ2n) is 5.86. The van der Waals surface area contributed by atoms with Crippen LogP contribution < -0.4 is 5.73 Å². The minimum Gasteiger partial charge on any atom is -0.291 e. The monoisotopic (exact) mass is 281 g/mol. The predicted octanol–water partition coefficient (Wildman–Crippen LogP) is 2.76. The predicted molar refractivity (Wildman–Crippen MR) is 72.2 cm³/mol. The van der Waals surface area contributed by atoms with Crippen molar-refractivity contribution in [3.63, 3.8) is 0 Å². The summed E-state index contributed by atoms with van der Waals surface area (Å²) >= 11 is 0.750. The minimum absolute atomic E-state index is 0.547. The van der Waals surface area contributed by atoms with Gasteiger partial charge in [0.1, 0.15) is 0 Å². The molecular formula is C12H29N2Se+. The van der Waals surface area contributed by atoms with E-state index in [0.29, 0.717) is 8.63 Å². The molecule has 0 bridgehead atoms. The van der Waals surface area contributed by atoms with Gasteiger partial charge in [-0.1, -0.05) is 0 Å². The van der Waals surface area contributed by atoms with E-state index in [9.17, 15) is 0 Å². The van der Waals surface area contributed by atoms with Crippen molar-refractivity contribution in [1.29, 1.82) is 0 Å². The molecule has 0 spiro atoms. The van der Waals surface area contributed by atoms with Gasteiger partial charge in [0, 0.05) is 6.92 Å². The van der Waals surface area contributed by atoms with Gasteiger partial charge >= 0.3 is 65.1 Å². The normalized spacial score (nSPS) is 11.5. The van der Waals surface area contributed by atoms with Crippen LogP contribution in [0.2, 0.25) is 8.63 Å². The van der Waals surface area contributed by atoms with Crippen LogP contribution in [0, 0.1) is 0 Å². The van der Waals surface area contributed by atoms with E-state index < -0.39 is 0 Å². The third-order valence-corrected chi connectivity index (χ3v) is 3.89. The van der Waals surface area contributed by atoms with Crippen molar-refractivity contribution in [3.8, 4) is 0 Å². The molecule has 2 N–H and O–H groups in total. The van der Waals surface area contributed by atoms with Gasteiger partial charge in [-0.3, -0.25) is 10.3 Å². The Morgan fingerprint density at radius 3 is 1.13 bits per heavy atom. The summed E-state index contributed by atoms with van der Waals surface area (Å²) in [4.78, 5) is 0. The third kappa shape index (κ3) is 20.2. The Balaban J connectivity index is 0. The number of amidine groups is 1. The molecule has 0 saturated heterocycles. The number of hydrogen-bond donors (Lipinski definition) is 1. The van der Waals surface area contributed by atoms with E-state index in [1.807, 2.05) is 25.6 Å². The Kier molecular flexibility index (Phi) is 7.59. The van der Waals surface area contributed by atoms with Crippen molar-refractivity contribution in [2.24, 2.45) is 5.73 Å². The summed E-state index contributed by atoms with van der Waals surface area (Å²) in [7, 11) is 3.82. The van der Waals surface area contributed by atoms with Crippen molar-refractivity contribution >= 4 is 20.8 Å². The van der Waals surface area contributed by atoms with Gasteiger partial charge in [-0.25, -0.2) is 0 Å². The number of hydrogen-bond acceptors (Lipinski definition) is 0. The molecule has 0 amide bonds. The van der Waals surface area contributed by atoms with Crippen molar-refractivity contribution in [3.05, 3.63) is 0 Å². The van der Waals surface area contributed by atoms with Gasteiger partial charge in [0.2, 0.25) is 5.84 Å². The van der Waals surface area contributed by atoms with Gasteiger partial charge in [-0.05, 0) is 0 Å². The van der Waals surface area contributed by atoms with Gasteiger partial charge in [0.25, 0.3) is 0 Å². The van der Waals surface area contributed by atoms with E-state index >= 15 is 0 Å². The molecule has 2 nitrogen and oxygen atoms in total. The van der Waals surface area contributed by atoms with E-state index in [-0.39, 0.29) is 0 Å². The largest absolute Gasteiger partial charge is 0.291 e. The van der Waals surface area contributed by atoms with E-state index in [1.54, 1.807) is 0 Å². The smallest absolute Gasteiger partial charge is 0.238 e. The van der Waals surface area contributed by atoms with E-state index in [0.717, 1.165) is 20.8 Å². The topological polar surface area (TPSA) is 29.0 Å². The van der Waals surface area contributed by atoms with Gasteiger partial charge in [0.15, 0.2) is 0 Å². The molecule has 3 heteroatoms. The first-order valence-electron chi connectivity index (χ1n) is 5.31. The number of nitrogens with two attached hydrogens (primary N) is 1. The van der Waals surface area contributed by atoms with Crippen molar-refractivity contribution in [2.45, 2.75) is 57.1 Å². The molecule has 0 radical (unpaired) electrons. The number of nitrogens with zero attached hydrogens (tertiary/aromatic N) is 1. The first-order valence-corrected chi connectivity index (χ1v) is 7.03. The van der Waals surface area contributed by atoms with Crippen LogP contribution in [0.15, 0.2) is 0 Å². The number of rotatable bonds is 0. The zero-order valence-corrected chi connectivity index (χ0v) is 13.6. The van der Waals surface area contributed by atoms with Gasteiger partial charge < -0.3 is 0 Å². The summed E-state index contributed by atoms with van der Waals surface area (Å²) in [5.74, 6) is 0.843. The van der Waals surface area contributed by atoms with Crippen molar-refractivity contribution in [1.82, 2.24) is 0 Å². The van der Waals surface area contributed by atoms with Crippen LogP contribution in [0.1, 0.15) is 48.5 Å². The fraction of sp³-hybridized carbons (Fsp3) is 0.917. The van der Waals surface area contributed by atoms with Crippen LogP contribution in [-0.2, 0) is 0 Å². The molecule has 0 aliphatic carbocycles. The Morgan fingerprint density at radius 2 is 1.13 bits per heavy atom. The molecule has 0 aromatic carbocycles. The second kappa shape index (κ2) is 6.55. The Hall–Kier alpha value is -0.0105. The average Bonchev–Trinajstić information content (AvgIpc) is 1.78. The summed E-state index contributed by atoms with van der Waals surface area (Å²) in [6, 6.07) is 0. The van der Waals surface area contributed by atoms with Crippen LogP contribution in [0.5, 0.6) is 0 Å². The molecule has 0 aliphatic heterocycles. The molecular weight excluding hydrogens is 251 g/mol. The summed E-state index contributed by atoms with van der Waals surface area (Å²) in [6.45, 7) is 15.8. The third-order valence-electron chi connectivity index (χ3n) is 1.32. The molecule has 0 rings (SSSR count). The molecule has 0 aromatic rings. The Bertz CT molecular complexity index is 177. The first kappa shape index (κ1) is 17.4. The maximum atomic E-state index is 5.28. The molecule has 0 unspecified atom stereocenters. The molecule has 0 aliphatic rings. The molecule has 0 atom stereocenters. The quantitative estimate of drug-likeness (QED) is 0.314. The SMILES string of the molecule is CC(C)(C)[Se]C(C)(C)C.CC(N)=[N+](C)C. The maximum Gasteiger partial charge on any atom is 0.238 e. The molecule has 0 fully saturated rings. The van der Waals surface area contributed by atoms with Gasteiger partial charge in [0.05, 0.1) is 14.1 Å². The molecule has 92 valence electrons. The minimum atomic E-state index is 0.547. The summed E-state index contributed by atoms with van der Waals surface area (Å²) in [6.07, 6.45) is 0. The first-order chi connectivity index (χ1) is 6.35. The second-order valence-corrected chi connectivity index (χ2v) is 11.4. The molecule has 0 aromatic heterocycles. The summed E-state index contributed by atoms with van der Waals surface area (Å²) in [5.41, 5.74) is 5.28. The van der Waals surface area contributed by atoms with Gasteiger partial charge in [-0.2, -0.15) is 0 Å². The van der Waals surface area contributed by atoms with Crippen LogP contribution in [0.4, 0.5) is 0 Å². The Morgan fingerprint density at radius 1 is 0.933 bits per heavy atom. The van der Waals surface area contributed by atoms with E-state index in [2.05, 4.69) is 41.5 Å². The van der Waals surface area contributed by atoms with E-state index in [1.165, 1.54) is 0 Å². The Labute approximate surface area is 102 Å². The molecule has 15 heavy (non-hydrogen) atoms. The molecule has 0 saturated carbocycles. The average molecular weight is 280 g/mol. The molecule has 0 heterocycles. The summed E-state index contributed by atoms with van der Waals surface area (Å²) < 4.78 is 2.95. The van der Waals surface area contributed by atoms with Crippen molar-refractivity contribution < 1.29 is 4.58 Å². The standard InChI is InChI=1S/C8H18Se.C4H10N2/c1-7(2,3)9-8(4,5)6;1-4(5)6(2)3/h1-6H3;5H,1-3H3/p+1. The fourth-order valence-corrected chi connectivity index (χ4v) is 4.77. The van der Waals surface area contributed by atoms with Crippen molar-refractivity contribution in [2.75, 3.05) is 14.1 Å². The van der Waals surface area contributed by atoms with Crippen LogP contribution in [0.25, 0.3) is 0 Å². The zero-order valence-electron chi connectivity index (χ0n) is 11.9. The van der Waals surface area contributed by atoms with Crippen LogP contribution in [-0.4, -0.2) is 39.5 Å². The maximum absolute atomic E-state index is 5.28.